The summed E-state index contributed by atoms with van der Waals surface area (Å²) >= 11 is 1.13. The van der Waals surface area contributed by atoms with Crippen molar-refractivity contribution in [2.24, 2.45) is 0 Å². The van der Waals surface area contributed by atoms with E-state index in [0.717, 1.165) is 71.5 Å². The fourth-order valence-electron chi connectivity index (χ4n) is 6.30. The Morgan fingerprint density at radius 2 is 1.31 bits per heavy atom. The SMILES string of the molecule is O=C(NCc1ccccc1)c1ccc(CCNCCC(=O)N(CCNCCc2ccc(O)c3[nH]c(=O)sc23)C2CCCCCC2)cc1.O=C(O)C(F)(F)F.O=C(O)C(F)(F)F. The lowest BCUT2D eigenvalue weighted by molar-refractivity contribution is -0.193. The Kier molecular flexibility index (Phi) is 20.2. The lowest BCUT2D eigenvalue weighted by atomic mass is 10.1. The lowest BCUT2D eigenvalue weighted by Gasteiger charge is -2.32. The van der Waals surface area contributed by atoms with Crippen LogP contribution in [0.4, 0.5) is 26.3 Å². The molecule has 13 nitrogen and oxygen atoms in total. The molecule has 0 saturated heterocycles. The molecular formula is C41H49F6N5O8S. The van der Waals surface area contributed by atoms with Crippen LogP contribution in [0.3, 0.4) is 0 Å². The first-order valence-corrected chi connectivity index (χ1v) is 20.2. The van der Waals surface area contributed by atoms with Gasteiger partial charge in [-0.15, -0.1) is 0 Å². The highest BCUT2D eigenvalue weighted by Crippen LogP contribution is 2.28. The van der Waals surface area contributed by atoms with Gasteiger partial charge in [0.2, 0.25) is 5.91 Å². The Bertz CT molecular complexity index is 2030. The van der Waals surface area contributed by atoms with Crippen LogP contribution in [-0.2, 0) is 33.8 Å². The molecule has 0 aliphatic heterocycles. The summed E-state index contributed by atoms with van der Waals surface area (Å²) in [7, 11) is 0. The summed E-state index contributed by atoms with van der Waals surface area (Å²) < 4.78 is 64.3. The van der Waals surface area contributed by atoms with E-state index in [2.05, 4.69) is 25.8 Å². The number of hydrogen-bond donors (Lipinski definition) is 7. The van der Waals surface area contributed by atoms with Gasteiger partial charge in [-0.2, -0.15) is 26.3 Å². The van der Waals surface area contributed by atoms with Gasteiger partial charge < -0.3 is 41.2 Å². The van der Waals surface area contributed by atoms with E-state index in [-0.39, 0.29) is 22.4 Å². The Balaban J connectivity index is 0.000000609. The number of aromatic amines is 1. The van der Waals surface area contributed by atoms with Crippen LogP contribution in [0.15, 0.2) is 71.5 Å². The number of carboxylic acids is 2. The Labute approximate surface area is 351 Å². The number of halogens is 6. The predicted octanol–water partition coefficient (Wildman–Crippen LogP) is 6.40. The second-order valence-electron chi connectivity index (χ2n) is 13.9. The molecule has 2 amide bonds. The molecule has 0 spiro atoms. The molecule has 0 bridgehead atoms. The number of phenols is 1. The first-order chi connectivity index (χ1) is 28.9. The topological polar surface area (TPSA) is 201 Å². The number of amides is 2. The van der Waals surface area contributed by atoms with Crippen LogP contribution in [0.5, 0.6) is 5.75 Å². The predicted molar refractivity (Wildman–Crippen MR) is 217 cm³/mol. The Morgan fingerprint density at radius 3 is 1.90 bits per heavy atom. The third kappa shape index (κ3) is 18.0. The fraction of sp³-hybridized carbons (Fsp3) is 0.439. The Morgan fingerprint density at radius 1 is 0.738 bits per heavy atom. The van der Waals surface area contributed by atoms with Crippen molar-refractivity contribution in [3.05, 3.63) is 98.7 Å². The number of aliphatic carboxylic acids is 2. The highest BCUT2D eigenvalue weighted by molar-refractivity contribution is 7.16. The molecule has 1 aliphatic carbocycles. The van der Waals surface area contributed by atoms with E-state index < -0.39 is 24.3 Å². The van der Waals surface area contributed by atoms with Gasteiger partial charge in [-0.25, -0.2) is 9.59 Å². The molecule has 0 atom stereocenters. The lowest BCUT2D eigenvalue weighted by Crippen LogP contribution is -2.45. The monoisotopic (exact) mass is 885 g/mol. The zero-order valence-corrected chi connectivity index (χ0v) is 33.9. The van der Waals surface area contributed by atoms with E-state index >= 15 is 0 Å². The average molecular weight is 886 g/mol. The highest BCUT2D eigenvalue weighted by atomic mass is 32.1. The molecule has 0 unspecified atom stereocenters. The molecular weight excluding hydrogens is 837 g/mol. The maximum atomic E-state index is 13.5. The molecule has 0 radical (unpaired) electrons. The third-order valence-corrected chi connectivity index (χ3v) is 10.4. The van der Waals surface area contributed by atoms with Crippen molar-refractivity contribution in [1.29, 1.82) is 0 Å². The van der Waals surface area contributed by atoms with Crippen LogP contribution >= 0.6 is 11.3 Å². The van der Waals surface area contributed by atoms with Crippen molar-refractivity contribution in [2.45, 2.75) is 82.7 Å². The summed E-state index contributed by atoms with van der Waals surface area (Å²) in [6.07, 6.45) is -1.19. The highest BCUT2D eigenvalue weighted by Gasteiger charge is 2.39. The minimum atomic E-state index is -5.08. The van der Waals surface area contributed by atoms with Gasteiger partial charge in [0.1, 0.15) is 11.3 Å². The van der Waals surface area contributed by atoms with Gasteiger partial charge in [-0.05, 0) is 73.7 Å². The summed E-state index contributed by atoms with van der Waals surface area (Å²) in [5.74, 6) is -5.30. The largest absolute Gasteiger partial charge is 0.506 e. The summed E-state index contributed by atoms with van der Waals surface area (Å²) in [6.45, 7) is 4.00. The van der Waals surface area contributed by atoms with Gasteiger partial charge in [0.25, 0.3) is 5.91 Å². The van der Waals surface area contributed by atoms with Crippen molar-refractivity contribution >= 4 is 45.3 Å². The average Bonchev–Trinajstić information content (AvgIpc) is 3.42. The standard InChI is InChI=1S/C37H47N5O4S.2C2HF3O2/c43-32-17-16-29(35-34(32)41-37(46)47-35)19-22-39-24-25-42(31-10-6-1-2-7-11-31)33(44)20-23-38-21-18-27-12-14-30(15-13-27)36(45)40-26-28-8-4-3-5-9-28;2*3-2(4,5)1(6)7/h3-5,8-9,12-17,31,38-39,43H,1-2,6-7,10-11,18-26H2,(H,40,45)(H,41,46);2*(H,6,7). The number of nitrogens with zero attached hydrogens (tertiary/aromatic N) is 1. The van der Waals surface area contributed by atoms with Crippen molar-refractivity contribution in [3.8, 4) is 5.75 Å². The quantitative estimate of drug-likeness (QED) is 0.0375. The van der Waals surface area contributed by atoms with Crippen LogP contribution in [0.2, 0.25) is 0 Å². The molecule has 1 aliphatic rings. The van der Waals surface area contributed by atoms with Crippen molar-refractivity contribution in [1.82, 2.24) is 25.8 Å². The molecule has 1 aromatic heterocycles. The van der Waals surface area contributed by atoms with Crippen LogP contribution in [-0.4, -0.2) is 100 Å². The first-order valence-electron chi connectivity index (χ1n) is 19.4. The van der Waals surface area contributed by atoms with Gasteiger partial charge in [0.05, 0.1) is 4.70 Å². The normalized spacial score (nSPS) is 13.2. The molecule has 5 rings (SSSR count). The number of phenolic OH excluding ortho intramolecular Hbond substituents is 1. The molecule has 3 aromatic carbocycles. The maximum Gasteiger partial charge on any atom is 0.490 e. The number of nitrogens with one attached hydrogen (secondary N) is 4. The fourth-order valence-corrected chi connectivity index (χ4v) is 7.19. The van der Waals surface area contributed by atoms with Crippen molar-refractivity contribution in [3.63, 3.8) is 0 Å². The number of H-pyrrole nitrogens is 1. The molecule has 7 N–H and O–H groups in total. The second-order valence-corrected chi connectivity index (χ2v) is 14.9. The minimum Gasteiger partial charge on any atom is -0.506 e. The number of thiazole rings is 1. The molecule has 61 heavy (non-hydrogen) atoms. The summed E-state index contributed by atoms with van der Waals surface area (Å²) in [5, 5.41) is 34.2. The van der Waals surface area contributed by atoms with Gasteiger partial charge in [0.15, 0.2) is 0 Å². The van der Waals surface area contributed by atoms with Crippen molar-refractivity contribution < 1.29 is 60.8 Å². The van der Waals surface area contributed by atoms with Gasteiger partial charge >= 0.3 is 29.2 Å². The molecule has 1 heterocycles. The number of carbonyl (C=O) groups excluding carboxylic acids is 2. The first kappa shape index (κ1) is 49.9. The minimum absolute atomic E-state index is 0.0830. The molecule has 1 fully saturated rings. The van der Waals surface area contributed by atoms with Gasteiger partial charge in [-0.3, -0.25) is 14.4 Å². The number of fused-ring (bicyclic) bond motifs is 1. The molecule has 334 valence electrons. The number of benzene rings is 3. The number of hydrogen-bond acceptors (Lipinski definition) is 9. The van der Waals surface area contributed by atoms with E-state index in [1.165, 1.54) is 25.7 Å². The Hall–Kier alpha value is -5.47. The van der Waals surface area contributed by atoms with Crippen LogP contribution in [0, 0.1) is 0 Å². The van der Waals surface area contributed by atoms with Crippen molar-refractivity contribution in [2.75, 3.05) is 32.7 Å². The van der Waals surface area contributed by atoms with Crippen LogP contribution in [0.1, 0.15) is 72.0 Å². The van der Waals surface area contributed by atoms with Gasteiger partial charge in [-0.1, -0.05) is 85.6 Å². The number of aromatic nitrogens is 1. The molecule has 1 saturated carbocycles. The third-order valence-electron chi connectivity index (χ3n) is 9.43. The van der Waals surface area contributed by atoms with E-state index in [1.807, 2.05) is 60.7 Å². The number of alkyl halides is 6. The van der Waals surface area contributed by atoms with E-state index in [0.29, 0.717) is 49.7 Å². The van der Waals surface area contributed by atoms with Crippen LogP contribution < -0.4 is 20.8 Å². The smallest absolute Gasteiger partial charge is 0.490 e. The molecule has 20 heteroatoms. The summed E-state index contributed by atoms with van der Waals surface area (Å²) in [5.41, 5.74) is 4.39. The van der Waals surface area contributed by atoms with E-state index in [9.17, 15) is 45.8 Å². The number of carbonyl (C=O) groups is 4. The number of aromatic hydroxyl groups is 1. The van der Waals surface area contributed by atoms with E-state index in [4.69, 9.17) is 19.8 Å². The second kappa shape index (κ2) is 24.7. The maximum absolute atomic E-state index is 13.5. The van der Waals surface area contributed by atoms with Gasteiger partial charge in [0, 0.05) is 44.2 Å². The van der Waals surface area contributed by atoms with E-state index in [1.54, 1.807) is 6.07 Å². The number of carboxylic acid groups (broad SMARTS) is 2. The zero-order valence-electron chi connectivity index (χ0n) is 33.0. The molecule has 4 aromatic rings. The summed E-state index contributed by atoms with van der Waals surface area (Å²) in [4.78, 5) is 60.2. The zero-order chi connectivity index (χ0) is 45.0. The summed E-state index contributed by atoms with van der Waals surface area (Å²) in [6, 6.07) is 21.4. The number of rotatable bonds is 16. The van der Waals surface area contributed by atoms with Crippen LogP contribution in [0.25, 0.3) is 10.2 Å².